The molecule has 54 valence electrons. The van der Waals surface area contributed by atoms with Gasteiger partial charge in [-0.2, -0.15) is 0 Å². The Morgan fingerprint density at radius 2 is 2.60 bits per heavy atom. The van der Waals surface area contributed by atoms with Gasteiger partial charge in [-0.3, -0.25) is 9.69 Å². The molecule has 0 aliphatic carbocycles. The fourth-order valence-corrected chi connectivity index (χ4v) is 2.43. The fraction of sp³-hybridized carbons (Fsp3) is 0.500. The van der Waals surface area contributed by atoms with E-state index in [0.29, 0.717) is 12.2 Å². The Kier molecular flexibility index (Phi) is 1.25. The third-order valence-corrected chi connectivity index (χ3v) is 3.30. The Balaban J connectivity index is 2.18. The van der Waals surface area contributed by atoms with Crippen LogP contribution < -0.4 is 0 Å². The highest BCUT2D eigenvalue weighted by Crippen LogP contribution is 2.28. The molecule has 0 aromatic carbocycles. The van der Waals surface area contributed by atoms with E-state index in [1.807, 2.05) is 0 Å². The van der Waals surface area contributed by atoms with E-state index in [0.717, 1.165) is 0 Å². The lowest BCUT2D eigenvalue weighted by atomic mass is 10.2. The van der Waals surface area contributed by atoms with Crippen molar-refractivity contribution in [3.8, 4) is 0 Å². The summed E-state index contributed by atoms with van der Waals surface area (Å²) in [6.07, 6.45) is 3.98. The molecular formula is C6H7NO2S. The zero-order valence-corrected chi connectivity index (χ0v) is 6.13. The van der Waals surface area contributed by atoms with Crippen molar-refractivity contribution in [2.75, 3.05) is 5.75 Å². The summed E-state index contributed by atoms with van der Waals surface area (Å²) in [5, 5.41) is -0.00231. The molecule has 2 aliphatic heterocycles. The van der Waals surface area contributed by atoms with Crippen LogP contribution in [0.1, 0.15) is 6.42 Å². The molecule has 0 saturated carbocycles. The number of hydrogen-bond acceptors (Lipinski definition) is 2. The number of fused-ring (bicyclic) bond motifs is 1. The van der Waals surface area contributed by atoms with Gasteiger partial charge in [0.05, 0.1) is 6.42 Å². The smallest absolute Gasteiger partial charge is 0.237 e. The molecule has 0 aromatic rings. The van der Waals surface area contributed by atoms with Gasteiger partial charge >= 0.3 is 0 Å². The fourth-order valence-electron chi connectivity index (χ4n) is 1.16. The predicted molar refractivity (Wildman–Crippen MR) is 37.4 cm³/mol. The molecule has 10 heavy (non-hydrogen) atoms. The second-order valence-electron chi connectivity index (χ2n) is 2.39. The van der Waals surface area contributed by atoms with Crippen molar-refractivity contribution in [2.45, 2.75) is 11.8 Å². The van der Waals surface area contributed by atoms with Gasteiger partial charge in [0.15, 0.2) is 0 Å². The van der Waals surface area contributed by atoms with Gasteiger partial charge in [0.25, 0.3) is 0 Å². The molecule has 2 rings (SSSR count). The molecule has 1 saturated heterocycles. The van der Waals surface area contributed by atoms with Crippen LogP contribution in [0, 0.1) is 0 Å². The summed E-state index contributed by atoms with van der Waals surface area (Å²) in [5.74, 6) is 0.698. The Morgan fingerprint density at radius 1 is 1.80 bits per heavy atom. The highest BCUT2D eigenvalue weighted by atomic mass is 32.2. The van der Waals surface area contributed by atoms with Gasteiger partial charge in [0, 0.05) is 6.20 Å². The molecule has 0 spiro atoms. The highest BCUT2D eigenvalue weighted by molar-refractivity contribution is 7.92. The number of β-lactam (4-membered cyclic amide) rings is 1. The van der Waals surface area contributed by atoms with Gasteiger partial charge < -0.3 is 4.55 Å². The molecule has 1 amide bonds. The number of hydrogen-bond donors (Lipinski definition) is 0. The molecule has 2 aliphatic rings. The highest BCUT2D eigenvalue weighted by Gasteiger charge is 2.44. The first-order valence-electron chi connectivity index (χ1n) is 3.14. The minimum Gasteiger partial charge on any atom is -0.614 e. The second-order valence-corrected chi connectivity index (χ2v) is 4.03. The zero-order chi connectivity index (χ0) is 7.14. The average Bonchev–Trinajstić information content (AvgIpc) is 1.91. The predicted octanol–water partition coefficient (Wildman–Crippen LogP) is -0.179. The Hall–Kier alpha value is -0.480. The monoisotopic (exact) mass is 157 g/mol. The lowest BCUT2D eigenvalue weighted by molar-refractivity contribution is -0.137. The van der Waals surface area contributed by atoms with Crippen molar-refractivity contribution in [1.82, 2.24) is 4.90 Å². The summed E-state index contributed by atoms with van der Waals surface area (Å²) in [5.41, 5.74) is 0. The van der Waals surface area contributed by atoms with Crippen LogP contribution in [0.4, 0.5) is 0 Å². The molecule has 2 heterocycles. The van der Waals surface area contributed by atoms with Crippen molar-refractivity contribution in [3.63, 3.8) is 0 Å². The van der Waals surface area contributed by atoms with Gasteiger partial charge in [0.2, 0.25) is 11.3 Å². The van der Waals surface area contributed by atoms with Gasteiger partial charge in [-0.05, 0) is 17.3 Å². The Morgan fingerprint density at radius 3 is 3.20 bits per heavy atom. The first kappa shape index (κ1) is 6.24. The van der Waals surface area contributed by atoms with E-state index in [4.69, 9.17) is 0 Å². The zero-order valence-electron chi connectivity index (χ0n) is 5.32. The largest absolute Gasteiger partial charge is 0.614 e. The molecule has 2 atom stereocenters. The number of nitrogens with zero attached hydrogens (tertiary/aromatic N) is 1. The van der Waals surface area contributed by atoms with E-state index in [2.05, 4.69) is 0 Å². The maximum Gasteiger partial charge on any atom is 0.237 e. The van der Waals surface area contributed by atoms with Crippen LogP contribution >= 0.6 is 0 Å². The maximum atomic E-state index is 11.1. The number of carbonyl (C=O) groups is 1. The molecule has 0 N–H and O–H groups in total. The summed E-state index contributed by atoms with van der Waals surface area (Å²) in [4.78, 5) is 12.3. The van der Waals surface area contributed by atoms with Crippen LogP contribution in [0.15, 0.2) is 12.3 Å². The van der Waals surface area contributed by atoms with Gasteiger partial charge in [0.1, 0.15) is 5.75 Å². The first-order chi connectivity index (χ1) is 4.79. The lowest BCUT2D eigenvalue weighted by Gasteiger charge is -2.39. The maximum absolute atomic E-state index is 11.1. The molecule has 0 unspecified atom stereocenters. The first-order valence-corrected chi connectivity index (χ1v) is 4.52. The Labute approximate surface area is 61.9 Å². The van der Waals surface area contributed by atoms with Gasteiger partial charge in [-0.15, -0.1) is 0 Å². The molecule has 4 heteroatoms. The standard InChI is InChI=1S/C6H7NO2S/c8-5-4-6-7(5)2-1-3-10(6)9/h1-2,6H,3-4H2/t6-,10-/m0/s1. The molecule has 1 fully saturated rings. The van der Waals surface area contributed by atoms with Crippen molar-refractivity contribution in [2.24, 2.45) is 0 Å². The van der Waals surface area contributed by atoms with Crippen LogP contribution in [0.25, 0.3) is 0 Å². The minimum absolute atomic E-state index is 0.00231. The van der Waals surface area contributed by atoms with E-state index in [-0.39, 0.29) is 11.3 Å². The lowest BCUT2D eigenvalue weighted by Crippen LogP contribution is -2.55. The molecule has 0 radical (unpaired) electrons. The van der Waals surface area contributed by atoms with Crippen LogP contribution in [-0.4, -0.2) is 26.5 Å². The van der Waals surface area contributed by atoms with Gasteiger partial charge in [-0.1, -0.05) is 0 Å². The normalized spacial score (nSPS) is 37.3. The molecular weight excluding hydrogens is 150 g/mol. The van der Waals surface area contributed by atoms with Crippen LogP contribution in [0.3, 0.4) is 0 Å². The van der Waals surface area contributed by atoms with Crippen LogP contribution in [0.5, 0.6) is 0 Å². The van der Waals surface area contributed by atoms with Crippen molar-refractivity contribution < 1.29 is 9.35 Å². The van der Waals surface area contributed by atoms with Gasteiger partial charge in [-0.25, -0.2) is 0 Å². The minimum atomic E-state index is -0.831. The van der Waals surface area contributed by atoms with E-state index in [9.17, 15) is 9.35 Å². The van der Waals surface area contributed by atoms with E-state index in [1.54, 1.807) is 17.2 Å². The van der Waals surface area contributed by atoms with E-state index in [1.165, 1.54) is 0 Å². The van der Waals surface area contributed by atoms with Crippen molar-refractivity contribution >= 4 is 17.1 Å². The molecule has 3 nitrogen and oxygen atoms in total. The van der Waals surface area contributed by atoms with Crippen molar-refractivity contribution in [1.29, 1.82) is 0 Å². The number of rotatable bonds is 0. The number of amides is 1. The van der Waals surface area contributed by atoms with Crippen LogP contribution in [-0.2, 0) is 16.0 Å². The van der Waals surface area contributed by atoms with E-state index >= 15 is 0 Å². The summed E-state index contributed by atoms with van der Waals surface area (Å²) in [7, 11) is 0. The summed E-state index contributed by atoms with van der Waals surface area (Å²) < 4.78 is 11.1. The van der Waals surface area contributed by atoms with Crippen LogP contribution in [0.2, 0.25) is 0 Å². The third kappa shape index (κ3) is 0.690. The third-order valence-electron chi connectivity index (χ3n) is 1.78. The quantitative estimate of drug-likeness (QED) is 0.361. The summed E-state index contributed by atoms with van der Waals surface area (Å²) in [6, 6.07) is 0. The SMILES string of the molecule is O=C1C[C@H]2N1C=CC[S@+]2[O-]. The summed E-state index contributed by atoms with van der Waals surface area (Å²) in [6.45, 7) is 0. The van der Waals surface area contributed by atoms with Crippen molar-refractivity contribution in [3.05, 3.63) is 12.3 Å². The molecule has 0 bridgehead atoms. The van der Waals surface area contributed by atoms with E-state index < -0.39 is 11.2 Å². The summed E-state index contributed by atoms with van der Waals surface area (Å²) >= 11 is -0.831. The molecule has 0 aromatic heterocycles. The second kappa shape index (κ2) is 2.00. The average molecular weight is 157 g/mol. The number of carbonyl (C=O) groups excluding carboxylic acids is 1. The Bertz CT molecular complexity index is 204. The topological polar surface area (TPSA) is 43.4 Å².